The lowest BCUT2D eigenvalue weighted by Crippen LogP contribution is -2.23. The molecule has 120 valence electrons. The summed E-state index contributed by atoms with van der Waals surface area (Å²) in [7, 11) is 0. The molecule has 1 fully saturated rings. The minimum atomic E-state index is 0.217. The van der Waals surface area contributed by atoms with Gasteiger partial charge in [-0.3, -0.25) is 4.79 Å². The van der Waals surface area contributed by atoms with Gasteiger partial charge < -0.3 is 10.2 Å². The minimum Gasteiger partial charge on any atom is -0.366 e. The molecule has 5 heteroatoms. The van der Waals surface area contributed by atoms with Crippen LogP contribution in [0.4, 0.5) is 11.5 Å². The summed E-state index contributed by atoms with van der Waals surface area (Å²) < 4.78 is 0. The second kappa shape index (κ2) is 6.77. The van der Waals surface area contributed by atoms with Crippen LogP contribution in [0.25, 0.3) is 0 Å². The van der Waals surface area contributed by atoms with Gasteiger partial charge in [-0.15, -0.1) is 0 Å². The topological polar surface area (TPSA) is 58.1 Å². The number of rotatable bonds is 5. The zero-order chi connectivity index (χ0) is 16.2. The van der Waals surface area contributed by atoms with Crippen LogP contribution in [0.1, 0.15) is 36.8 Å². The van der Waals surface area contributed by atoms with E-state index in [4.69, 9.17) is 0 Å². The Morgan fingerprint density at radius 2 is 2.13 bits per heavy atom. The van der Waals surface area contributed by atoms with Gasteiger partial charge in [0.2, 0.25) is 5.91 Å². The molecule has 1 amide bonds. The average Bonchev–Trinajstić information content (AvgIpc) is 2.99. The highest BCUT2D eigenvalue weighted by Crippen LogP contribution is 2.22. The summed E-state index contributed by atoms with van der Waals surface area (Å²) in [5.74, 6) is 1.84. The molecule has 0 atom stereocenters. The number of nitrogens with zero attached hydrogens (tertiary/aromatic N) is 3. The highest BCUT2D eigenvalue weighted by atomic mass is 16.2. The molecular formula is C18H22N4O. The molecule has 0 unspecified atom stereocenters. The van der Waals surface area contributed by atoms with Crippen LogP contribution >= 0.6 is 0 Å². The van der Waals surface area contributed by atoms with Gasteiger partial charge in [-0.05, 0) is 37.5 Å². The van der Waals surface area contributed by atoms with Crippen LogP contribution in [0.5, 0.6) is 0 Å². The number of hydrogen-bond donors (Lipinski definition) is 1. The molecule has 5 nitrogen and oxygen atoms in total. The summed E-state index contributed by atoms with van der Waals surface area (Å²) >= 11 is 0. The number of aryl methyl sites for hydroxylation is 2. The van der Waals surface area contributed by atoms with Gasteiger partial charge in [-0.1, -0.05) is 19.1 Å². The molecule has 23 heavy (non-hydrogen) atoms. The van der Waals surface area contributed by atoms with Crippen molar-refractivity contribution < 1.29 is 4.79 Å². The smallest absolute Gasteiger partial charge is 0.227 e. The number of nitrogens with one attached hydrogen (secondary N) is 1. The molecule has 2 aromatic rings. The lowest BCUT2D eigenvalue weighted by atomic mass is 10.2. The molecule has 1 aromatic heterocycles. The van der Waals surface area contributed by atoms with Crippen molar-refractivity contribution in [2.45, 2.75) is 39.7 Å². The summed E-state index contributed by atoms with van der Waals surface area (Å²) in [5, 5.41) is 3.35. The molecule has 0 spiro atoms. The highest BCUT2D eigenvalue weighted by Gasteiger charge is 2.21. The molecule has 0 bridgehead atoms. The van der Waals surface area contributed by atoms with Gasteiger partial charge in [0.05, 0.1) is 0 Å². The van der Waals surface area contributed by atoms with E-state index in [0.717, 1.165) is 48.0 Å². The first-order chi connectivity index (χ1) is 11.2. The van der Waals surface area contributed by atoms with Crippen molar-refractivity contribution in [3.63, 3.8) is 0 Å². The average molecular weight is 310 g/mol. The zero-order valence-corrected chi connectivity index (χ0v) is 13.7. The third-order valence-corrected chi connectivity index (χ3v) is 4.02. The van der Waals surface area contributed by atoms with Crippen molar-refractivity contribution in [2.24, 2.45) is 0 Å². The molecule has 0 aliphatic carbocycles. The third-order valence-electron chi connectivity index (χ3n) is 4.02. The number of anilines is 2. The summed E-state index contributed by atoms with van der Waals surface area (Å²) in [4.78, 5) is 22.5. The Labute approximate surface area is 136 Å². The fourth-order valence-corrected chi connectivity index (χ4v) is 2.85. The normalized spacial score (nSPS) is 14.3. The van der Waals surface area contributed by atoms with Crippen molar-refractivity contribution in [1.29, 1.82) is 0 Å². The maximum absolute atomic E-state index is 11.9. The van der Waals surface area contributed by atoms with Crippen molar-refractivity contribution in [3.8, 4) is 0 Å². The Morgan fingerprint density at radius 3 is 2.87 bits per heavy atom. The van der Waals surface area contributed by atoms with Crippen LogP contribution in [0.2, 0.25) is 0 Å². The zero-order valence-electron chi connectivity index (χ0n) is 13.7. The van der Waals surface area contributed by atoms with Gasteiger partial charge in [0.1, 0.15) is 11.6 Å². The summed E-state index contributed by atoms with van der Waals surface area (Å²) in [6, 6.07) is 10.1. The number of hydrogen-bond acceptors (Lipinski definition) is 4. The molecule has 1 aliphatic rings. The Hall–Kier alpha value is -2.43. The predicted octanol–water partition coefficient (Wildman–Crippen LogP) is 3.09. The van der Waals surface area contributed by atoms with Crippen LogP contribution < -0.4 is 10.2 Å². The Kier molecular flexibility index (Phi) is 4.55. The molecule has 1 N–H and O–H groups in total. The van der Waals surface area contributed by atoms with Crippen molar-refractivity contribution in [3.05, 3.63) is 47.4 Å². The summed E-state index contributed by atoms with van der Waals surface area (Å²) in [5.41, 5.74) is 3.16. The molecule has 2 heterocycles. The fourth-order valence-electron chi connectivity index (χ4n) is 2.85. The van der Waals surface area contributed by atoms with E-state index in [9.17, 15) is 4.79 Å². The minimum absolute atomic E-state index is 0.217. The number of carbonyl (C=O) groups excluding carboxylic acids is 1. The third kappa shape index (κ3) is 3.67. The van der Waals surface area contributed by atoms with E-state index >= 15 is 0 Å². The fraction of sp³-hybridized carbons (Fsp3) is 0.389. The van der Waals surface area contributed by atoms with Crippen LogP contribution in [0, 0.1) is 6.92 Å². The van der Waals surface area contributed by atoms with Gasteiger partial charge in [-0.2, -0.15) is 0 Å². The second-order valence-electron chi connectivity index (χ2n) is 5.82. The van der Waals surface area contributed by atoms with Gasteiger partial charge in [0.25, 0.3) is 0 Å². The number of carbonyl (C=O) groups is 1. The van der Waals surface area contributed by atoms with Gasteiger partial charge in [-0.25, -0.2) is 9.97 Å². The molecule has 0 saturated carbocycles. The number of amides is 1. The largest absolute Gasteiger partial charge is 0.366 e. The number of aromatic nitrogens is 2. The van der Waals surface area contributed by atoms with Crippen LogP contribution in [0.3, 0.4) is 0 Å². The first-order valence-corrected chi connectivity index (χ1v) is 8.13. The molecule has 1 aliphatic heterocycles. The van der Waals surface area contributed by atoms with Gasteiger partial charge >= 0.3 is 0 Å². The quantitative estimate of drug-likeness (QED) is 0.922. The molecule has 1 aromatic carbocycles. The van der Waals surface area contributed by atoms with Gasteiger partial charge in [0, 0.05) is 37.0 Å². The van der Waals surface area contributed by atoms with E-state index in [2.05, 4.69) is 34.3 Å². The first kappa shape index (κ1) is 15.5. The van der Waals surface area contributed by atoms with Crippen LogP contribution in [-0.4, -0.2) is 22.4 Å². The standard InChI is InChI=1S/C18H22N4O/c1-3-15-11-17(21-13(2)20-15)19-12-14-6-4-7-16(10-14)22-9-5-8-18(22)23/h4,6-7,10-11H,3,5,8-9,12H2,1-2H3,(H,19,20,21). The predicted molar refractivity (Wildman–Crippen MR) is 91.5 cm³/mol. The van der Waals surface area contributed by atoms with Crippen LogP contribution in [0.15, 0.2) is 30.3 Å². The Morgan fingerprint density at radius 1 is 1.26 bits per heavy atom. The highest BCUT2D eigenvalue weighted by molar-refractivity contribution is 5.95. The maximum atomic E-state index is 11.9. The number of benzene rings is 1. The van der Waals surface area contributed by atoms with Crippen LogP contribution in [-0.2, 0) is 17.8 Å². The van der Waals surface area contributed by atoms with Crippen molar-refractivity contribution in [1.82, 2.24) is 9.97 Å². The van der Waals surface area contributed by atoms with E-state index in [0.29, 0.717) is 13.0 Å². The van der Waals surface area contributed by atoms with E-state index < -0.39 is 0 Å². The molecule has 0 radical (unpaired) electrons. The van der Waals surface area contributed by atoms with Gasteiger partial charge in [0.15, 0.2) is 0 Å². The Bertz CT molecular complexity index is 714. The summed E-state index contributed by atoms with van der Waals surface area (Å²) in [6.45, 7) is 5.49. The maximum Gasteiger partial charge on any atom is 0.227 e. The van der Waals surface area contributed by atoms with E-state index in [1.165, 1.54) is 0 Å². The molecule has 1 saturated heterocycles. The Balaban J connectivity index is 1.71. The monoisotopic (exact) mass is 310 g/mol. The lowest BCUT2D eigenvalue weighted by molar-refractivity contribution is -0.117. The van der Waals surface area contributed by atoms with E-state index in [1.54, 1.807) is 0 Å². The van der Waals surface area contributed by atoms with Crippen molar-refractivity contribution >= 4 is 17.4 Å². The SMILES string of the molecule is CCc1cc(NCc2cccc(N3CCCC3=O)c2)nc(C)n1. The van der Waals surface area contributed by atoms with E-state index in [1.807, 2.05) is 30.0 Å². The lowest BCUT2D eigenvalue weighted by Gasteiger charge is -2.17. The molecule has 3 rings (SSSR count). The van der Waals surface area contributed by atoms with Crippen molar-refractivity contribution in [2.75, 3.05) is 16.8 Å². The summed E-state index contributed by atoms with van der Waals surface area (Å²) in [6.07, 6.45) is 2.49. The first-order valence-electron chi connectivity index (χ1n) is 8.13. The molecular weight excluding hydrogens is 288 g/mol. The second-order valence-corrected chi connectivity index (χ2v) is 5.82. The van der Waals surface area contributed by atoms with E-state index in [-0.39, 0.29) is 5.91 Å².